The van der Waals surface area contributed by atoms with Crippen LogP contribution in [0.25, 0.3) is 0 Å². The van der Waals surface area contributed by atoms with Crippen molar-refractivity contribution >= 4 is 5.91 Å². The van der Waals surface area contributed by atoms with E-state index < -0.39 is 0 Å². The van der Waals surface area contributed by atoms with Crippen LogP contribution in [0.2, 0.25) is 0 Å². The van der Waals surface area contributed by atoms with Crippen molar-refractivity contribution in [2.45, 2.75) is 51.0 Å². The molecule has 120 valence electrons. The van der Waals surface area contributed by atoms with Gasteiger partial charge in [-0.1, -0.05) is 37.3 Å². The second-order valence-corrected chi connectivity index (χ2v) is 7.11. The van der Waals surface area contributed by atoms with Gasteiger partial charge in [0.1, 0.15) is 0 Å². The lowest BCUT2D eigenvalue weighted by atomic mass is 9.75. The summed E-state index contributed by atoms with van der Waals surface area (Å²) in [6.45, 7) is 4.46. The van der Waals surface area contributed by atoms with Crippen molar-refractivity contribution in [2.24, 2.45) is 11.8 Å². The maximum Gasteiger partial charge on any atom is 0.220 e. The molecule has 1 saturated heterocycles. The molecule has 1 amide bonds. The van der Waals surface area contributed by atoms with E-state index in [4.69, 9.17) is 0 Å². The number of carbonyl (C=O) groups is 1. The first-order chi connectivity index (χ1) is 10.7. The highest BCUT2D eigenvalue weighted by Crippen LogP contribution is 2.36. The molecular weight excluding hydrogens is 272 g/mol. The highest BCUT2D eigenvalue weighted by molar-refractivity contribution is 5.76. The monoisotopic (exact) mass is 300 g/mol. The molecule has 1 aromatic carbocycles. The highest BCUT2D eigenvalue weighted by atomic mass is 16.1. The molecule has 0 radical (unpaired) electrons. The van der Waals surface area contributed by atoms with Gasteiger partial charge >= 0.3 is 0 Å². The lowest BCUT2D eigenvalue weighted by molar-refractivity contribution is -0.123. The van der Waals surface area contributed by atoms with E-state index in [1.54, 1.807) is 0 Å². The summed E-state index contributed by atoms with van der Waals surface area (Å²) < 4.78 is 0. The van der Waals surface area contributed by atoms with E-state index >= 15 is 0 Å². The fourth-order valence-electron chi connectivity index (χ4n) is 3.89. The maximum absolute atomic E-state index is 12.2. The Kier molecular flexibility index (Phi) is 5.14. The van der Waals surface area contributed by atoms with Gasteiger partial charge < -0.3 is 10.6 Å². The quantitative estimate of drug-likeness (QED) is 0.877. The van der Waals surface area contributed by atoms with E-state index in [-0.39, 0.29) is 5.91 Å². The number of carbonyl (C=O) groups excluding carboxylic acids is 1. The molecule has 3 rings (SSSR count). The largest absolute Gasteiger partial charge is 0.353 e. The van der Waals surface area contributed by atoms with Crippen LogP contribution in [0.1, 0.15) is 50.5 Å². The zero-order chi connectivity index (χ0) is 15.4. The van der Waals surface area contributed by atoms with Crippen molar-refractivity contribution in [1.29, 1.82) is 0 Å². The van der Waals surface area contributed by atoms with Crippen LogP contribution in [0, 0.1) is 11.8 Å². The van der Waals surface area contributed by atoms with Gasteiger partial charge in [0.05, 0.1) is 0 Å². The lowest BCUT2D eigenvalue weighted by Crippen LogP contribution is -2.44. The average molecular weight is 300 g/mol. The fraction of sp³-hybridized carbons (Fsp3) is 0.632. The summed E-state index contributed by atoms with van der Waals surface area (Å²) in [5, 5.41) is 6.62. The Bertz CT molecular complexity index is 475. The topological polar surface area (TPSA) is 41.1 Å². The Morgan fingerprint density at radius 3 is 2.59 bits per heavy atom. The molecule has 3 heteroatoms. The van der Waals surface area contributed by atoms with Gasteiger partial charge in [0.15, 0.2) is 0 Å². The summed E-state index contributed by atoms with van der Waals surface area (Å²) in [7, 11) is 0. The van der Waals surface area contributed by atoms with Crippen molar-refractivity contribution < 1.29 is 4.79 Å². The second kappa shape index (κ2) is 7.28. The standard InChI is InChI=1S/C19H28N2O/c1-14(15-7-9-20-10-8-15)11-19(22)21-18-12-17(13-18)16-5-3-2-4-6-16/h2-6,14-15,17-18,20H,7-13H2,1H3,(H,21,22). The van der Waals surface area contributed by atoms with Crippen molar-refractivity contribution in [3.05, 3.63) is 35.9 Å². The first-order valence-corrected chi connectivity index (χ1v) is 8.77. The zero-order valence-electron chi connectivity index (χ0n) is 13.6. The molecule has 2 N–H and O–H groups in total. The molecule has 1 aliphatic heterocycles. The van der Waals surface area contributed by atoms with Crippen molar-refractivity contribution in [2.75, 3.05) is 13.1 Å². The fourth-order valence-corrected chi connectivity index (χ4v) is 3.89. The number of amides is 1. The first kappa shape index (κ1) is 15.5. The molecule has 0 spiro atoms. The number of hydrogen-bond donors (Lipinski definition) is 2. The molecular formula is C19H28N2O. The number of piperidine rings is 1. The predicted octanol–water partition coefficient (Wildman–Crippen LogP) is 3.07. The number of rotatable bonds is 5. The van der Waals surface area contributed by atoms with E-state index in [2.05, 4.69) is 47.9 Å². The third-order valence-corrected chi connectivity index (χ3v) is 5.47. The second-order valence-electron chi connectivity index (χ2n) is 7.11. The van der Waals surface area contributed by atoms with Gasteiger partial charge in [-0.2, -0.15) is 0 Å². The summed E-state index contributed by atoms with van der Waals surface area (Å²) in [5.74, 6) is 2.11. The average Bonchev–Trinajstić information content (AvgIpc) is 2.52. The molecule has 0 aromatic heterocycles. The Labute approximate surface area is 133 Å². The van der Waals surface area contributed by atoms with Crippen LogP contribution < -0.4 is 10.6 Å². The molecule has 3 nitrogen and oxygen atoms in total. The smallest absolute Gasteiger partial charge is 0.220 e. The minimum absolute atomic E-state index is 0.252. The summed E-state index contributed by atoms with van der Waals surface area (Å²) in [4.78, 5) is 12.2. The minimum Gasteiger partial charge on any atom is -0.353 e. The summed E-state index contributed by atoms with van der Waals surface area (Å²) >= 11 is 0. The maximum atomic E-state index is 12.2. The van der Waals surface area contributed by atoms with Crippen molar-refractivity contribution in [3.8, 4) is 0 Å². The molecule has 1 heterocycles. The van der Waals surface area contributed by atoms with Crippen LogP contribution in [-0.2, 0) is 4.79 Å². The Hall–Kier alpha value is -1.35. The van der Waals surface area contributed by atoms with Gasteiger partial charge in [-0.25, -0.2) is 0 Å². The molecule has 2 fully saturated rings. The Morgan fingerprint density at radius 1 is 1.23 bits per heavy atom. The summed E-state index contributed by atoms with van der Waals surface area (Å²) in [5.41, 5.74) is 1.41. The lowest BCUT2D eigenvalue weighted by Gasteiger charge is -2.36. The van der Waals surface area contributed by atoms with Gasteiger partial charge in [-0.3, -0.25) is 4.79 Å². The third kappa shape index (κ3) is 3.89. The molecule has 1 unspecified atom stereocenters. The predicted molar refractivity (Wildman–Crippen MR) is 89.7 cm³/mol. The van der Waals surface area contributed by atoms with Crippen LogP contribution >= 0.6 is 0 Å². The first-order valence-electron chi connectivity index (χ1n) is 8.77. The van der Waals surface area contributed by atoms with Crippen LogP contribution in [0.3, 0.4) is 0 Å². The van der Waals surface area contributed by atoms with Gasteiger partial charge in [0.25, 0.3) is 0 Å². The van der Waals surface area contributed by atoms with E-state index in [0.29, 0.717) is 30.2 Å². The zero-order valence-corrected chi connectivity index (χ0v) is 13.6. The molecule has 22 heavy (non-hydrogen) atoms. The molecule has 1 atom stereocenters. The van der Waals surface area contributed by atoms with Gasteiger partial charge in [-0.15, -0.1) is 0 Å². The van der Waals surface area contributed by atoms with Crippen LogP contribution in [0.4, 0.5) is 0 Å². The SMILES string of the molecule is CC(CC(=O)NC1CC(c2ccccc2)C1)C1CCNCC1. The van der Waals surface area contributed by atoms with Crippen molar-refractivity contribution in [3.63, 3.8) is 0 Å². The normalized spacial score (nSPS) is 27.0. The minimum atomic E-state index is 0.252. The van der Waals surface area contributed by atoms with E-state index in [1.165, 1.54) is 18.4 Å². The van der Waals surface area contributed by atoms with E-state index in [9.17, 15) is 4.79 Å². The molecule has 1 aromatic rings. The Morgan fingerprint density at radius 2 is 1.91 bits per heavy atom. The molecule has 0 bridgehead atoms. The molecule has 1 saturated carbocycles. The highest BCUT2D eigenvalue weighted by Gasteiger charge is 2.31. The molecule has 1 aliphatic carbocycles. The van der Waals surface area contributed by atoms with Gasteiger partial charge in [0, 0.05) is 12.5 Å². The Balaban J connectivity index is 1.38. The number of nitrogens with one attached hydrogen (secondary N) is 2. The van der Waals surface area contributed by atoms with Gasteiger partial charge in [0.2, 0.25) is 5.91 Å². The summed E-state index contributed by atoms with van der Waals surface area (Å²) in [6.07, 6.45) is 5.31. The third-order valence-electron chi connectivity index (χ3n) is 5.47. The number of benzene rings is 1. The van der Waals surface area contributed by atoms with Crippen LogP contribution in [-0.4, -0.2) is 25.0 Å². The van der Waals surface area contributed by atoms with Crippen LogP contribution in [0.15, 0.2) is 30.3 Å². The van der Waals surface area contributed by atoms with Crippen molar-refractivity contribution in [1.82, 2.24) is 10.6 Å². The van der Waals surface area contributed by atoms with Gasteiger partial charge in [-0.05, 0) is 62.1 Å². The van der Waals surface area contributed by atoms with E-state index in [1.807, 2.05) is 0 Å². The summed E-state index contributed by atoms with van der Waals surface area (Å²) in [6, 6.07) is 11.0. The van der Waals surface area contributed by atoms with Crippen LogP contribution in [0.5, 0.6) is 0 Å². The molecule has 2 aliphatic rings. The van der Waals surface area contributed by atoms with E-state index in [0.717, 1.165) is 25.9 Å². The number of hydrogen-bond acceptors (Lipinski definition) is 2.